The van der Waals surface area contributed by atoms with Crippen LogP contribution < -0.4 is 10.1 Å². The average molecular weight is 361 g/mol. The zero-order valence-corrected chi connectivity index (χ0v) is 14.6. The molecule has 3 rings (SSSR count). The van der Waals surface area contributed by atoms with Gasteiger partial charge in [-0.2, -0.15) is 5.10 Å². The standard InChI is InChI=1S/C17H17ClN4O3/c1-3-25-17(23)14-10-20-16-13(8-15(18)21-22(14)16)19-9-11-4-6-12(24-2)7-5-11/h4-8,10,19H,3,9H2,1-2H3. The van der Waals surface area contributed by atoms with E-state index >= 15 is 0 Å². The average Bonchev–Trinajstić information content (AvgIpc) is 3.04. The summed E-state index contributed by atoms with van der Waals surface area (Å²) in [6, 6.07) is 9.37. The van der Waals surface area contributed by atoms with Crippen LogP contribution in [0.15, 0.2) is 36.5 Å². The lowest BCUT2D eigenvalue weighted by atomic mass is 10.2. The van der Waals surface area contributed by atoms with Crippen molar-refractivity contribution in [1.82, 2.24) is 14.6 Å². The molecule has 2 heterocycles. The quantitative estimate of drug-likeness (QED) is 0.680. The number of rotatable bonds is 6. The van der Waals surface area contributed by atoms with Gasteiger partial charge in [-0.05, 0) is 24.6 Å². The Kier molecular flexibility index (Phi) is 5.04. The maximum absolute atomic E-state index is 12.0. The monoisotopic (exact) mass is 360 g/mol. The van der Waals surface area contributed by atoms with Gasteiger partial charge in [-0.3, -0.25) is 0 Å². The van der Waals surface area contributed by atoms with Crippen LogP contribution in [0.2, 0.25) is 5.15 Å². The summed E-state index contributed by atoms with van der Waals surface area (Å²) in [6.45, 7) is 2.57. The van der Waals surface area contributed by atoms with E-state index in [1.54, 1.807) is 20.1 Å². The lowest BCUT2D eigenvalue weighted by Gasteiger charge is -2.09. The molecule has 0 bridgehead atoms. The van der Waals surface area contributed by atoms with Gasteiger partial charge in [0.25, 0.3) is 0 Å². The van der Waals surface area contributed by atoms with Gasteiger partial charge in [0, 0.05) is 12.6 Å². The number of hydrogen-bond acceptors (Lipinski definition) is 6. The van der Waals surface area contributed by atoms with E-state index in [-0.39, 0.29) is 17.5 Å². The van der Waals surface area contributed by atoms with Crippen LogP contribution in [-0.2, 0) is 11.3 Å². The Morgan fingerprint density at radius 3 is 2.76 bits per heavy atom. The molecule has 0 aliphatic heterocycles. The highest BCUT2D eigenvalue weighted by molar-refractivity contribution is 6.29. The lowest BCUT2D eigenvalue weighted by molar-refractivity contribution is 0.0517. The Morgan fingerprint density at radius 1 is 1.32 bits per heavy atom. The van der Waals surface area contributed by atoms with Crippen molar-refractivity contribution >= 4 is 28.9 Å². The Morgan fingerprint density at radius 2 is 2.08 bits per heavy atom. The summed E-state index contributed by atoms with van der Waals surface area (Å²) in [5.74, 6) is 0.302. The van der Waals surface area contributed by atoms with Gasteiger partial charge in [0.15, 0.2) is 16.5 Å². The fourth-order valence-corrected chi connectivity index (χ4v) is 2.54. The molecule has 0 unspecified atom stereocenters. The first-order valence-corrected chi connectivity index (χ1v) is 8.08. The van der Waals surface area contributed by atoms with Gasteiger partial charge in [0.1, 0.15) is 5.75 Å². The maximum Gasteiger partial charge on any atom is 0.358 e. The predicted molar refractivity (Wildman–Crippen MR) is 94.3 cm³/mol. The van der Waals surface area contributed by atoms with Gasteiger partial charge in [0.05, 0.1) is 25.6 Å². The summed E-state index contributed by atoms with van der Waals surface area (Å²) in [5, 5.41) is 7.65. The second-order valence-electron chi connectivity index (χ2n) is 5.18. The highest BCUT2D eigenvalue weighted by Crippen LogP contribution is 2.22. The fraction of sp³-hybridized carbons (Fsp3) is 0.235. The molecule has 7 nitrogen and oxygen atoms in total. The van der Waals surface area contributed by atoms with Crippen molar-refractivity contribution in [1.29, 1.82) is 0 Å². The molecular formula is C17H17ClN4O3. The van der Waals surface area contributed by atoms with Crippen LogP contribution in [0.3, 0.4) is 0 Å². The summed E-state index contributed by atoms with van der Waals surface area (Å²) >= 11 is 6.09. The number of hydrogen-bond donors (Lipinski definition) is 1. The molecule has 0 radical (unpaired) electrons. The van der Waals surface area contributed by atoms with E-state index in [2.05, 4.69) is 15.4 Å². The van der Waals surface area contributed by atoms with Gasteiger partial charge in [-0.25, -0.2) is 14.3 Å². The Balaban J connectivity index is 1.86. The number of carbonyl (C=O) groups is 1. The van der Waals surface area contributed by atoms with Crippen LogP contribution in [0.1, 0.15) is 23.0 Å². The summed E-state index contributed by atoms with van der Waals surface area (Å²) in [6.07, 6.45) is 1.43. The number of carbonyl (C=O) groups excluding carboxylic acids is 1. The third-order valence-electron chi connectivity index (χ3n) is 3.56. The molecule has 1 N–H and O–H groups in total. The van der Waals surface area contributed by atoms with Crippen molar-refractivity contribution < 1.29 is 14.3 Å². The minimum atomic E-state index is -0.495. The molecule has 130 valence electrons. The van der Waals surface area contributed by atoms with E-state index in [0.29, 0.717) is 17.9 Å². The van der Waals surface area contributed by atoms with Crippen molar-refractivity contribution in [3.63, 3.8) is 0 Å². The molecule has 0 atom stereocenters. The van der Waals surface area contributed by atoms with Crippen LogP contribution in [0.5, 0.6) is 5.75 Å². The van der Waals surface area contributed by atoms with Crippen molar-refractivity contribution in [2.45, 2.75) is 13.5 Å². The van der Waals surface area contributed by atoms with E-state index in [0.717, 1.165) is 11.3 Å². The van der Waals surface area contributed by atoms with Crippen molar-refractivity contribution in [2.24, 2.45) is 0 Å². The minimum absolute atomic E-state index is 0.229. The molecule has 0 spiro atoms. The summed E-state index contributed by atoms with van der Waals surface area (Å²) < 4.78 is 11.5. The van der Waals surface area contributed by atoms with Gasteiger partial charge in [-0.1, -0.05) is 23.7 Å². The van der Waals surface area contributed by atoms with Crippen molar-refractivity contribution in [3.05, 3.63) is 52.9 Å². The lowest BCUT2D eigenvalue weighted by Crippen LogP contribution is -2.10. The smallest absolute Gasteiger partial charge is 0.358 e. The second kappa shape index (κ2) is 7.40. The third-order valence-corrected chi connectivity index (χ3v) is 3.75. The SMILES string of the molecule is CCOC(=O)c1cnc2c(NCc3ccc(OC)cc3)cc(Cl)nn12. The number of aromatic nitrogens is 3. The van der Waals surface area contributed by atoms with Crippen LogP contribution in [-0.4, -0.2) is 34.3 Å². The minimum Gasteiger partial charge on any atom is -0.497 e. The maximum atomic E-state index is 12.0. The zero-order chi connectivity index (χ0) is 17.8. The van der Waals surface area contributed by atoms with E-state index in [1.165, 1.54) is 10.7 Å². The summed E-state index contributed by atoms with van der Waals surface area (Å²) in [4.78, 5) is 16.2. The zero-order valence-electron chi connectivity index (χ0n) is 13.8. The number of nitrogens with zero attached hydrogens (tertiary/aromatic N) is 3. The molecule has 25 heavy (non-hydrogen) atoms. The molecule has 0 saturated carbocycles. The first kappa shape index (κ1) is 17.0. The van der Waals surface area contributed by atoms with Crippen molar-refractivity contribution in [3.8, 4) is 5.75 Å². The van der Waals surface area contributed by atoms with Crippen LogP contribution in [0.4, 0.5) is 5.69 Å². The molecule has 0 aliphatic carbocycles. The molecule has 0 saturated heterocycles. The first-order chi connectivity index (χ1) is 12.1. The van der Waals surface area contributed by atoms with Gasteiger partial charge < -0.3 is 14.8 Å². The number of benzene rings is 1. The number of ether oxygens (including phenoxy) is 2. The van der Waals surface area contributed by atoms with Crippen LogP contribution in [0.25, 0.3) is 5.65 Å². The molecule has 3 aromatic rings. The topological polar surface area (TPSA) is 77.8 Å². The Labute approximate surface area is 149 Å². The van der Waals surface area contributed by atoms with Crippen molar-refractivity contribution in [2.75, 3.05) is 19.0 Å². The van der Waals surface area contributed by atoms with Gasteiger partial charge in [0.2, 0.25) is 0 Å². The Bertz CT molecular complexity index is 893. The Hall–Kier alpha value is -2.80. The predicted octanol–water partition coefficient (Wildman–Crippen LogP) is 3.18. The molecule has 0 fully saturated rings. The number of nitrogens with one attached hydrogen (secondary N) is 1. The van der Waals surface area contributed by atoms with Crippen LogP contribution in [0, 0.1) is 0 Å². The van der Waals surface area contributed by atoms with E-state index in [4.69, 9.17) is 21.1 Å². The molecule has 2 aromatic heterocycles. The summed E-state index contributed by atoms with van der Waals surface area (Å²) in [7, 11) is 1.63. The second-order valence-corrected chi connectivity index (χ2v) is 5.57. The molecule has 8 heteroatoms. The molecule has 1 aromatic carbocycles. The number of halogens is 1. The number of anilines is 1. The number of methoxy groups -OCH3 is 1. The number of imidazole rings is 1. The van der Waals surface area contributed by atoms with Gasteiger partial charge in [-0.15, -0.1) is 0 Å². The normalized spacial score (nSPS) is 10.7. The summed E-state index contributed by atoms with van der Waals surface area (Å²) in [5.41, 5.74) is 2.46. The molecular weight excluding hydrogens is 344 g/mol. The number of fused-ring (bicyclic) bond motifs is 1. The van der Waals surface area contributed by atoms with E-state index in [9.17, 15) is 4.79 Å². The third kappa shape index (κ3) is 3.66. The van der Waals surface area contributed by atoms with Crippen LogP contribution >= 0.6 is 11.6 Å². The largest absolute Gasteiger partial charge is 0.497 e. The molecule has 0 aliphatic rings. The highest BCUT2D eigenvalue weighted by atomic mass is 35.5. The van der Waals surface area contributed by atoms with E-state index in [1.807, 2.05) is 24.3 Å². The highest BCUT2D eigenvalue weighted by Gasteiger charge is 2.17. The number of esters is 1. The molecule has 0 amide bonds. The van der Waals surface area contributed by atoms with E-state index < -0.39 is 5.97 Å². The fourth-order valence-electron chi connectivity index (χ4n) is 2.35. The first-order valence-electron chi connectivity index (χ1n) is 7.70. The van der Waals surface area contributed by atoms with Gasteiger partial charge >= 0.3 is 5.97 Å².